The summed E-state index contributed by atoms with van der Waals surface area (Å²) in [5.74, 6) is 0.111. The fraction of sp³-hybridized carbons (Fsp3) is 0.429. The van der Waals surface area contributed by atoms with Gasteiger partial charge < -0.3 is 10.6 Å². The zero-order chi connectivity index (χ0) is 14.0. The number of rotatable bonds is 4. The Bertz CT molecular complexity index is 546. The number of para-hydroxylation sites is 1. The summed E-state index contributed by atoms with van der Waals surface area (Å²) >= 11 is 1.62. The van der Waals surface area contributed by atoms with Crippen LogP contribution < -0.4 is 5.73 Å². The van der Waals surface area contributed by atoms with Crippen LogP contribution in [0.2, 0.25) is 0 Å². The Balaban J connectivity index is 2.10. The van der Waals surface area contributed by atoms with Crippen molar-refractivity contribution in [2.24, 2.45) is 11.7 Å². The minimum absolute atomic E-state index is 0.0331. The molecule has 2 N–H and O–H groups in total. The lowest BCUT2D eigenvalue weighted by molar-refractivity contribution is -0.132. The van der Waals surface area contributed by atoms with E-state index in [1.165, 1.54) is 0 Å². The van der Waals surface area contributed by atoms with Crippen LogP contribution in [0, 0.1) is 5.92 Å². The van der Waals surface area contributed by atoms with E-state index in [4.69, 9.17) is 5.73 Å². The van der Waals surface area contributed by atoms with Crippen molar-refractivity contribution in [1.29, 1.82) is 0 Å². The van der Waals surface area contributed by atoms with Gasteiger partial charge in [-0.15, -0.1) is 11.3 Å². The molecule has 1 aromatic carbocycles. The number of carbonyl (C=O) groups is 1. The molecule has 2 aromatic rings. The Morgan fingerprint density at radius 1 is 1.42 bits per heavy atom. The van der Waals surface area contributed by atoms with Crippen LogP contribution >= 0.6 is 11.3 Å². The van der Waals surface area contributed by atoms with Crippen molar-refractivity contribution in [2.45, 2.75) is 26.4 Å². The molecule has 1 heterocycles. The van der Waals surface area contributed by atoms with Crippen LogP contribution in [0.3, 0.4) is 0 Å². The molecule has 5 heteroatoms. The Morgan fingerprint density at radius 2 is 2.11 bits per heavy atom. The predicted octanol–water partition coefficient (Wildman–Crippen LogP) is 2.24. The number of aromatic nitrogens is 1. The summed E-state index contributed by atoms with van der Waals surface area (Å²) in [7, 11) is 1.77. The molecule has 0 radical (unpaired) electrons. The Kier molecular flexibility index (Phi) is 4.17. The Morgan fingerprint density at radius 3 is 2.74 bits per heavy atom. The monoisotopic (exact) mass is 277 g/mol. The number of hydrogen-bond donors (Lipinski definition) is 1. The van der Waals surface area contributed by atoms with E-state index in [9.17, 15) is 4.79 Å². The molecule has 0 saturated carbocycles. The number of carbonyl (C=O) groups excluding carboxylic acids is 1. The summed E-state index contributed by atoms with van der Waals surface area (Å²) in [6, 6.07) is 7.54. The van der Waals surface area contributed by atoms with Gasteiger partial charge in [0.05, 0.1) is 22.8 Å². The van der Waals surface area contributed by atoms with E-state index in [2.05, 4.69) is 4.98 Å². The highest BCUT2D eigenvalue weighted by Crippen LogP contribution is 2.22. The quantitative estimate of drug-likeness (QED) is 0.932. The third-order valence-electron chi connectivity index (χ3n) is 3.09. The third kappa shape index (κ3) is 3.11. The van der Waals surface area contributed by atoms with Gasteiger partial charge in [0.2, 0.25) is 5.91 Å². The molecule has 0 aliphatic rings. The number of hydrogen-bond acceptors (Lipinski definition) is 4. The van der Waals surface area contributed by atoms with E-state index in [0.717, 1.165) is 15.2 Å². The lowest BCUT2D eigenvalue weighted by atomic mass is 10.0. The lowest BCUT2D eigenvalue weighted by Gasteiger charge is -2.22. The largest absolute Gasteiger partial charge is 0.338 e. The second-order valence-corrected chi connectivity index (χ2v) is 6.15. The molecule has 19 heavy (non-hydrogen) atoms. The minimum atomic E-state index is -0.445. The van der Waals surface area contributed by atoms with E-state index in [0.29, 0.717) is 6.54 Å². The SMILES string of the molecule is CC(C)C(N)C(=O)N(C)Cc1nc2ccccc2s1. The van der Waals surface area contributed by atoms with Crippen LogP contribution in [-0.2, 0) is 11.3 Å². The number of nitrogens with zero attached hydrogens (tertiary/aromatic N) is 2. The highest BCUT2D eigenvalue weighted by Gasteiger charge is 2.21. The molecule has 2 rings (SSSR count). The molecule has 102 valence electrons. The standard InChI is InChI=1S/C14H19N3OS/c1-9(2)13(15)14(18)17(3)8-12-16-10-6-4-5-7-11(10)19-12/h4-7,9,13H,8,15H2,1-3H3. The second-order valence-electron chi connectivity index (χ2n) is 5.04. The van der Waals surface area contributed by atoms with Gasteiger partial charge in [0, 0.05) is 7.05 Å². The summed E-state index contributed by atoms with van der Waals surface area (Å²) in [5, 5.41) is 0.938. The molecular weight excluding hydrogens is 258 g/mol. The fourth-order valence-corrected chi connectivity index (χ4v) is 2.83. The van der Waals surface area contributed by atoms with Crippen LogP contribution in [-0.4, -0.2) is 28.9 Å². The normalized spacial score (nSPS) is 12.9. The van der Waals surface area contributed by atoms with Crippen LogP contribution in [0.1, 0.15) is 18.9 Å². The predicted molar refractivity (Wildman–Crippen MR) is 78.9 cm³/mol. The van der Waals surface area contributed by atoms with Crippen molar-refractivity contribution in [2.75, 3.05) is 7.05 Å². The van der Waals surface area contributed by atoms with E-state index >= 15 is 0 Å². The zero-order valence-corrected chi connectivity index (χ0v) is 12.3. The van der Waals surface area contributed by atoms with Gasteiger partial charge in [0.15, 0.2) is 0 Å². The van der Waals surface area contributed by atoms with E-state index in [-0.39, 0.29) is 11.8 Å². The van der Waals surface area contributed by atoms with Crippen molar-refractivity contribution < 1.29 is 4.79 Å². The van der Waals surface area contributed by atoms with Crippen LogP contribution in [0.25, 0.3) is 10.2 Å². The van der Waals surface area contributed by atoms with Crippen molar-refractivity contribution in [1.82, 2.24) is 9.88 Å². The van der Waals surface area contributed by atoms with Gasteiger partial charge in [-0.25, -0.2) is 4.98 Å². The van der Waals surface area contributed by atoms with Gasteiger partial charge >= 0.3 is 0 Å². The zero-order valence-electron chi connectivity index (χ0n) is 11.5. The number of benzene rings is 1. The first-order chi connectivity index (χ1) is 8.99. The van der Waals surface area contributed by atoms with Gasteiger partial charge in [-0.2, -0.15) is 0 Å². The van der Waals surface area contributed by atoms with Crippen LogP contribution in [0.5, 0.6) is 0 Å². The first kappa shape index (κ1) is 14.0. The highest BCUT2D eigenvalue weighted by atomic mass is 32.1. The molecule has 4 nitrogen and oxygen atoms in total. The summed E-state index contributed by atoms with van der Waals surface area (Å²) in [6.07, 6.45) is 0. The maximum atomic E-state index is 12.1. The van der Waals surface area contributed by atoms with Gasteiger partial charge in [0.1, 0.15) is 5.01 Å². The molecule has 0 aliphatic carbocycles. The van der Waals surface area contributed by atoms with E-state index < -0.39 is 6.04 Å². The summed E-state index contributed by atoms with van der Waals surface area (Å²) in [6.45, 7) is 4.42. The van der Waals surface area contributed by atoms with Crippen LogP contribution in [0.4, 0.5) is 0 Å². The Labute approximate surface area is 117 Å². The van der Waals surface area contributed by atoms with E-state index in [1.54, 1.807) is 23.3 Å². The van der Waals surface area contributed by atoms with Gasteiger partial charge in [-0.3, -0.25) is 4.79 Å². The molecule has 0 fully saturated rings. The average molecular weight is 277 g/mol. The molecular formula is C14H19N3OS. The fourth-order valence-electron chi connectivity index (χ4n) is 1.81. The topological polar surface area (TPSA) is 59.2 Å². The van der Waals surface area contributed by atoms with E-state index in [1.807, 2.05) is 38.1 Å². The van der Waals surface area contributed by atoms with Gasteiger partial charge in [0.25, 0.3) is 0 Å². The molecule has 1 unspecified atom stereocenters. The number of thiazole rings is 1. The van der Waals surface area contributed by atoms with Crippen molar-refractivity contribution >= 4 is 27.5 Å². The van der Waals surface area contributed by atoms with Gasteiger partial charge in [-0.1, -0.05) is 26.0 Å². The maximum Gasteiger partial charge on any atom is 0.239 e. The number of nitrogens with two attached hydrogens (primary N) is 1. The minimum Gasteiger partial charge on any atom is -0.338 e. The molecule has 1 aromatic heterocycles. The summed E-state index contributed by atoms with van der Waals surface area (Å²) in [4.78, 5) is 18.3. The molecule has 1 amide bonds. The Hall–Kier alpha value is -1.46. The smallest absolute Gasteiger partial charge is 0.239 e. The first-order valence-electron chi connectivity index (χ1n) is 6.34. The second kappa shape index (κ2) is 5.67. The van der Waals surface area contributed by atoms with Gasteiger partial charge in [-0.05, 0) is 18.1 Å². The molecule has 1 atom stereocenters. The number of fused-ring (bicyclic) bond motifs is 1. The average Bonchev–Trinajstić information content (AvgIpc) is 2.78. The lowest BCUT2D eigenvalue weighted by Crippen LogP contribution is -2.44. The molecule has 0 bridgehead atoms. The third-order valence-corrected chi connectivity index (χ3v) is 4.11. The summed E-state index contributed by atoms with van der Waals surface area (Å²) < 4.78 is 1.14. The first-order valence-corrected chi connectivity index (χ1v) is 7.15. The summed E-state index contributed by atoms with van der Waals surface area (Å²) in [5.41, 5.74) is 6.86. The van der Waals surface area contributed by atoms with Crippen molar-refractivity contribution in [3.05, 3.63) is 29.3 Å². The number of likely N-dealkylation sites (N-methyl/N-ethyl adjacent to an activating group) is 1. The highest BCUT2D eigenvalue weighted by molar-refractivity contribution is 7.18. The van der Waals surface area contributed by atoms with Crippen molar-refractivity contribution in [3.8, 4) is 0 Å². The molecule has 0 saturated heterocycles. The van der Waals surface area contributed by atoms with Crippen molar-refractivity contribution in [3.63, 3.8) is 0 Å². The maximum absolute atomic E-state index is 12.1. The number of amides is 1. The molecule has 0 aliphatic heterocycles. The van der Waals surface area contributed by atoms with Crippen LogP contribution in [0.15, 0.2) is 24.3 Å². The molecule has 0 spiro atoms.